The van der Waals surface area contributed by atoms with Crippen LogP contribution in [0.2, 0.25) is 0 Å². The van der Waals surface area contributed by atoms with Gasteiger partial charge in [-0.15, -0.1) is 0 Å². The Kier molecular flexibility index (Phi) is 3.46. The first kappa shape index (κ1) is 11.4. The fourth-order valence-corrected chi connectivity index (χ4v) is 2.67. The smallest absolute Gasteiger partial charge is 0.0882 e. The molecule has 2 rings (SSSR count). The molecule has 1 fully saturated rings. The van der Waals surface area contributed by atoms with Crippen LogP contribution in [-0.2, 0) is 4.84 Å². The molecule has 0 bridgehead atoms. The number of para-hydroxylation sites is 1. The van der Waals surface area contributed by atoms with E-state index in [0.29, 0.717) is 12.6 Å². The maximum Gasteiger partial charge on any atom is 0.0882 e. The van der Waals surface area contributed by atoms with Gasteiger partial charge in [0.1, 0.15) is 0 Å². The molecule has 0 saturated carbocycles. The molecule has 0 radical (unpaired) electrons. The van der Waals surface area contributed by atoms with Gasteiger partial charge in [0, 0.05) is 12.2 Å². The molecular weight excluding hydrogens is 200 g/mol. The molecule has 0 amide bonds. The van der Waals surface area contributed by atoms with Crippen molar-refractivity contribution in [3.05, 3.63) is 29.3 Å². The predicted octanol–water partition coefficient (Wildman–Crippen LogP) is 2.16. The number of aryl methyl sites for hydroxylation is 2. The molecule has 1 aromatic carbocycles. The molecule has 1 unspecified atom stereocenters. The molecule has 0 aliphatic carbocycles. The molecule has 1 aliphatic rings. The summed E-state index contributed by atoms with van der Waals surface area (Å²) in [4.78, 5) is 7.26. The average Bonchev–Trinajstić information content (AvgIpc) is 2.67. The molecular formula is C13H20N2O. The van der Waals surface area contributed by atoms with Crippen LogP contribution in [0, 0.1) is 13.8 Å². The first-order chi connectivity index (χ1) is 7.74. The highest BCUT2D eigenvalue weighted by Crippen LogP contribution is 2.31. The van der Waals surface area contributed by atoms with Crippen molar-refractivity contribution in [3.63, 3.8) is 0 Å². The van der Waals surface area contributed by atoms with Crippen LogP contribution in [0.25, 0.3) is 0 Å². The monoisotopic (exact) mass is 220 g/mol. The molecule has 1 aromatic rings. The SMILES string of the molecule is Cc1cccc(C)c1N1CCCC1CON. The van der Waals surface area contributed by atoms with Crippen LogP contribution >= 0.6 is 0 Å². The maximum atomic E-state index is 5.20. The Morgan fingerprint density at radius 2 is 2.06 bits per heavy atom. The van der Waals surface area contributed by atoms with Gasteiger partial charge in [-0.25, -0.2) is 5.90 Å². The Bertz CT molecular complexity index is 345. The van der Waals surface area contributed by atoms with Gasteiger partial charge in [0.25, 0.3) is 0 Å². The zero-order valence-electron chi connectivity index (χ0n) is 10.1. The summed E-state index contributed by atoms with van der Waals surface area (Å²) in [6.07, 6.45) is 2.40. The van der Waals surface area contributed by atoms with Gasteiger partial charge >= 0.3 is 0 Å². The highest BCUT2D eigenvalue weighted by Gasteiger charge is 2.26. The van der Waals surface area contributed by atoms with Crippen LogP contribution < -0.4 is 10.8 Å². The quantitative estimate of drug-likeness (QED) is 0.793. The molecule has 1 aliphatic heterocycles. The van der Waals surface area contributed by atoms with Gasteiger partial charge < -0.3 is 9.74 Å². The fourth-order valence-electron chi connectivity index (χ4n) is 2.67. The normalized spacial score (nSPS) is 20.4. The number of nitrogens with zero attached hydrogens (tertiary/aromatic N) is 1. The summed E-state index contributed by atoms with van der Waals surface area (Å²) in [6, 6.07) is 6.88. The van der Waals surface area contributed by atoms with E-state index in [1.54, 1.807) is 0 Å². The Balaban J connectivity index is 2.29. The predicted molar refractivity (Wildman–Crippen MR) is 66.4 cm³/mol. The number of benzene rings is 1. The van der Waals surface area contributed by atoms with E-state index in [9.17, 15) is 0 Å². The minimum absolute atomic E-state index is 0.435. The number of nitrogens with two attached hydrogens (primary N) is 1. The molecule has 1 atom stereocenters. The van der Waals surface area contributed by atoms with E-state index in [1.807, 2.05) is 0 Å². The summed E-state index contributed by atoms with van der Waals surface area (Å²) in [5.41, 5.74) is 4.04. The summed E-state index contributed by atoms with van der Waals surface area (Å²) >= 11 is 0. The number of hydrogen-bond acceptors (Lipinski definition) is 3. The third kappa shape index (κ3) is 2.06. The molecule has 3 heteroatoms. The Labute approximate surface area is 97.1 Å². The van der Waals surface area contributed by atoms with Crippen LogP contribution in [0.3, 0.4) is 0 Å². The van der Waals surface area contributed by atoms with Crippen LogP contribution in [0.4, 0.5) is 5.69 Å². The summed E-state index contributed by atoms with van der Waals surface area (Å²) in [5, 5.41) is 0. The zero-order chi connectivity index (χ0) is 11.5. The molecule has 1 heterocycles. The largest absolute Gasteiger partial charge is 0.366 e. The van der Waals surface area contributed by atoms with Crippen molar-refractivity contribution in [1.29, 1.82) is 0 Å². The zero-order valence-corrected chi connectivity index (χ0v) is 10.1. The molecule has 88 valence electrons. The first-order valence-corrected chi connectivity index (χ1v) is 5.88. The standard InChI is InChI=1S/C13H20N2O/c1-10-5-3-6-11(2)13(10)15-8-4-7-12(15)9-16-14/h3,5-6,12H,4,7-9,14H2,1-2H3. The van der Waals surface area contributed by atoms with Crippen LogP contribution in [0.5, 0.6) is 0 Å². The molecule has 1 saturated heterocycles. The van der Waals surface area contributed by atoms with Crippen LogP contribution in [-0.4, -0.2) is 19.2 Å². The van der Waals surface area contributed by atoms with Crippen molar-refractivity contribution in [2.75, 3.05) is 18.1 Å². The molecule has 3 nitrogen and oxygen atoms in total. The minimum atomic E-state index is 0.435. The summed E-state index contributed by atoms with van der Waals surface area (Å²) in [7, 11) is 0. The average molecular weight is 220 g/mol. The van der Waals surface area contributed by atoms with E-state index < -0.39 is 0 Å². The Morgan fingerprint density at radius 3 is 2.69 bits per heavy atom. The number of hydrogen-bond donors (Lipinski definition) is 1. The minimum Gasteiger partial charge on any atom is -0.366 e. The summed E-state index contributed by atoms with van der Waals surface area (Å²) in [6.45, 7) is 6.07. The van der Waals surface area contributed by atoms with Gasteiger partial charge in [-0.1, -0.05) is 18.2 Å². The third-order valence-corrected chi connectivity index (χ3v) is 3.39. The van der Waals surface area contributed by atoms with Crippen molar-refractivity contribution in [2.45, 2.75) is 32.7 Å². The van der Waals surface area contributed by atoms with Gasteiger partial charge in [0.15, 0.2) is 0 Å². The van der Waals surface area contributed by atoms with Crippen molar-refractivity contribution in [3.8, 4) is 0 Å². The van der Waals surface area contributed by atoms with Gasteiger partial charge in [-0.3, -0.25) is 0 Å². The van der Waals surface area contributed by atoms with Gasteiger partial charge in [0.05, 0.1) is 12.6 Å². The lowest BCUT2D eigenvalue weighted by Gasteiger charge is -2.29. The second-order valence-corrected chi connectivity index (χ2v) is 4.56. The lowest BCUT2D eigenvalue weighted by Crippen LogP contribution is -2.34. The third-order valence-electron chi connectivity index (χ3n) is 3.39. The molecule has 0 spiro atoms. The van der Waals surface area contributed by atoms with Crippen LogP contribution in [0.15, 0.2) is 18.2 Å². The van der Waals surface area contributed by atoms with E-state index in [0.717, 1.165) is 6.54 Å². The second kappa shape index (κ2) is 4.85. The van der Waals surface area contributed by atoms with Crippen molar-refractivity contribution >= 4 is 5.69 Å². The van der Waals surface area contributed by atoms with Crippen LogP contribution in [0.1, 0.15) is 24.0 Å². The molecule has 2 N–H and O–H groups in total. The lowest BCUT2D eigenvalue weighted by molar-refractivity contribution is 0.124. The van der Waals surface area contributed by atoms with E-state index >= 15 is 0 Å². The highest BCUT2D eigenvalue weighted by atomic mass is 16.6. The van der Waals surface area contributed by atoms with E-state index in [2.05, 4.69) is 36.9 Å². The van der Waals surface area contributed by atoms with Gasteiger partial charge in [0.2, 0.25) is 0 Å². The lowest BCUT2D eigenvalue weighted by atomic mass is 10.1. The first-order valence-electron chi connectivity index (χ1n) is 5.88. The number of rotatable bonds is 3. The molecule has 16 heavy (non-hydrogen) atoms. The fraction of sp³-hybridized carbons (Fsp3) is 0.538. The molecule has 0 aromatic heterocycles. The van der Waals surface area contributed by atoms with Gasteiger partial charge in [-0.2, -0.15) is 0 Å². The van der Waals surface area contributed by atoms with E-state index in [4.69, 9.17) is 10.7 Å². The van der Waals surface area contributed by atoms with Gasteiger partial charge in [-0.05, 0) is 37.8 Å². The Hall–Kier alpha value is -1.06. The summed E-state index contributed by atoms with van der Waals surface area (Å²) < 4.78 is 0. The highest BCUT2D eigenvalue weighted by molar-refractivity contribution is 5.60. The Morgan fingerprint density at radius 1 is 1.38 bits per heavy atom. The summed E-state index contributed by atoms with van der Waals surface area (Å²) in [5.74, 6) is 5.20. The van der Waals surface area contributed by atoms with E-state index in [1.165, 1.54) is 29.7 Å². The van der Waals surface area contributed by atoms with Crippen molar-refractivity contribution in [1.82, 2.24) is 0 Å². The maximum absolute atomic E-state index is 5.20. The van der Waals surface area contributed by atoms with Crippen molar-refractivity contribution in [2.24, 2.45) is 5.90 Å². The van der Waals surface area contributed by atoms with Crippen molar-refractivity contribution < 1.29 is 4.84 Å². The van der Waals surface area contributed by atoms with E-state index in [-0.39, 0.29) is 0 Å². The topological polar surface area (TPSA) is 38.5 Å². The number of anilines is 1. The second-order valence-electron chi connectivity index (χ2n) is 4.56.